The second kappa shape index (κ2) is 6.36. The summed E-state index contributed by atoms with van der Waals surface area (Å²) in [6.07, 6.45) is 0.306. The number of carbonyl (C=O) groups is 1. The Labute approximate surface area is 122 Å². The summed E-state index contributed by atoms with van der Waals surface area (Å²) in [4.78, 5) is 18.1. The number of halogens is 1. The monoisotopic (exact) mass is 287 g/mol. The predicted octanol–water partition coefficient (Wildman–Crippen LogP) is 3.26. The van der Waals surface area contributed by atoms with E-state index < -0.39 is 0 Å². The molecular formula is C15H14ClN3O. The summed E-state index contributed by atoms with van der Waals surface area (Å²) in [5, 5.41) is 10.7. The van der Waals surface area contributed by atoms with Crippen molar-refractivity contribution in [2.75, 3.05) is 13.1 Å². The van der Waals surface area contributed by atoms with Gasteiger partial charge in [-0.25, -0.2) is 4.98 Å². The van der Waals surface area contributed by atoms with E-state index in [-0.39, 0.29) is 5.91 Å². The van der Waals surface area contributed by atoms with Gasteiger partial charge in [-0.2, -0.15) is 5.26 Å². The highest BCUT2D eigenvalue weighted by Gasteiger charge is 2.17. The largest absolute Gasteiger partial charge is 0.337 e. The average molecular weight is 288 g/mol. The van der Waals surface area contributed by atoms with Crippen LogP contribution in [0.1, 0.15) is 23.8 Å². The zero-order chi connectivity index (χ0) is 14.5. The molecule has 0 aliphatic carbocycles. The van der Waals surface area contributed by atoms with Crippen LogP contribution >= 0.6 is 11.6 Å². The van der Waals surface area contributed by atoms with Crippen molar-refractivity contribution in [3.8, 4) is 6.07 Å². The first-order valence-electron chi connectivity index (χ1n) is 6.39. The zero-order valence-corrected chi connectivity index (χ0v) is 11.9. The first kappa shape index (κ1) is 14.3. The molecule has 2 rings (SSSR count). The molecule has 0 aliphatic rings. The van der Waals surface area contributed by atoms with Gasteiger partial charge in [0.15, 0.2) is 0 Å². The van der Waals surface area contributed by atoms with Crippen LogP contribution in [-0.2, 0) is 0 Å². The van der Waals surface area contributed by atoms with E-state index >= 15 is 0 Å². The molecule has 0 N–H and O–H groups in total. The van der Waals surface area contributed by atoms with E-state index in [1.54, 1.807) is 11.0 Å². The third-order valence-corrected chi connectivity index (χ3v) is 3.36. The third-order valence-electron chi connectivity index (χ3n) is 3.08. The standard InChI is InChI=1S/C15H14ClN3O/c1-2-19(9-5-8-17)15(20)13-10-11-6-3-4-7-12(11)14(16)18-13/h3-4,6-7,10H,2,5,9H2,1H3. The van der Waals surface area contributed by atoms with Crippen LogP contribution in [0.25, 0.3) is 10.8 Å². The molecule has 0 aliphatic heterocycles. The lowest BCUT2D eigenvalue weighted by Crippen LogP contribution is -2.32. The van der Waals surface area contributed by atoms with Crippen LogP contribution in [0.3, 0.4) is 0 Å². The van der Waals surface area contributed by atoms with Crippen molar-refractivity contribution in [3.63, 3.8) is 0 Å². The molecule has 1 heterocycles. The Morgan fingerprint density at radius 2 is 2.20 bits per heavy atom. The Kier molecular flexibility index (Phi) is 4.54. The van der Waals surface area contributed by atoms with Gasteiger partial charge < -0.3 is 4.90 Å². The van der Waals surface area contributed by atoms with E-state index in [1.807, 2.05) is 37.3 Å². The fraction of sp³-hybridized carbons (Fsp3) is 0.267. The molecular weight excluding hydrogens is 274 g/mol. The van der Waals surface area contributed by atoms with Crippen LogP contribution in [0.15, 0.2) is 30.3 Å². The van der Waals surface area contributed by atoms with E-state index in [0.717, 1.165) is 10.8 Å². The van der Waals surface area contributed by atoms with Gasteiger partial charge in [0.25, 0.3) is 5.91 Å². The molecule has 1 aromatic heterocycles. The van der Waals surface area contributed by atoms with Crippen molar-refractivity contribution < 1.29 is 4.79 Å². The number of hydrogen-bond donors (Lipinski definition) is 0. The fourth-order valence-corrected chi connectivity index (χ4v) is 2.28. The molecule has 0 fully saturated rings. The first-order valence-corrected chi connectivity index (χ1v) is 6.76. The van der Waals surface area contributed by atoms with Crippen molar-refractivity contribution in [2.45, 2.75) is 13.3 Å². The van der Waals surface area contributed by atoms with Crippen molar-refractivity contribution >= 4 is 28.3 Å². The molecule has 1 aromatic carbocycles. The van der Waals surface area contributed by atoms with E-state index in [2.05, 4.69) is 4.98 Å². The minimum atomic E-state index is -0.199. The normalized spacial score (nSPS) is 10.2. The summed E-state index contributed by atoms with van der Waals surface area (Å²) < 4.78 is 0. The fourth-order valence-electron chi connectivity index (χ4n) is 2.02. The number of hydrogen-bond acceptors (Lipinski definition) is 3. The van der Waals surface area contributed by atoms with Gasteiger partial charge in [-0.1, -0.05) is 35.9 Å². The topological polar surface area (TPSA) is 57.0 Å². The molecule has 20 heavy (non-hydrogen) atoms. The van der Waals surface area contributed by atoms with Crippen LogP contribution < -0.4 is 0 Å². The van der Waals surface area contributed by atoms with Crippen LogP contribution in [-0.4, -0.2) is 28.9 Å². The van der Waals surface area contributed by atoms with Gasteiger partial charge in [0.1, 0.15) is 10.8 Å². The van der Waals surface area contributed by atoms with Gasteiger partial charge in [-0.3, -0.25) is 4.79 Å². The molecule has 0 radical (unpaired) electrons. The molecule has 0 bridgehead atoms. The molecule has 0 unspecified atom stereocenters. The lowest BCUT2D eigenvalue weighted by molar-refractivity contribution is 0.0762. The Morgan fingerprint density at radius 1 is 1.45 bits per heavy atom. The number of amides is 1. The molecule has 5 heteroatoms. The molecule has 0 saturated carbocycles. The number of nitriles is 1. The second-order valence-corrected chi connectivity index (χ2v) is 4.67. The van der Waals surface area contributed by atoms with Crippen molar-refractivity contribution in [2.24, 2.45) is 0 Å². The average Bonchev–Trinajstić information content (AvgIpc) is 2.47. The maximum Gasteiger partial charge on any atom is 0.272 e. The lowest BCUT2D eigenvalue weighted by atomic mass is 10.1. The molecule has 1 amide bonds. The Bertz CT molecular complexity index is 678. The van der Waals surface area contributed by atoms with Crippen molar-refractivity contribution in [3.05, 3.63) is 41.2 Å². The van der Waals surface area contributed by atoms with E-state index in [0.29, 0.717) is 30.4 Å². The third kappa shape index (κ3) is 2.89. The second-order valence-electron chi connectivity index (χ2n) is 4.31. The summed E-state index contributed by atoms with van der Waals surface area (Å²) in [6, 6.07) is 11.3. The first-order chi connectivity index (χ1) is 9.67. The molecule has 102 valence electrons. The van der Waals surface area contributed by atoms with Gasteiger partial charge in [-0.05, 0) is 18.4 Å². The van der Waals surface area contributed by atoms with Crippen LogP contribution in [0, 0.1) is 11.3 Å². The Hall–Kier alpha value is -2.12. The van der Waals surface area contributed by atoms with E-state index in [9.17, 15) is 4.79 Å². The maximum absolute atomic E-state index is 12.4. The summed E-state index contributed by atoms with van der Waals surface area (Å²) in [6.45, 7) is 2.81. The molecule has 4 nitrogen and oxygen atoms in total. The van der Waals surface area contributed by atoms with Crippen molar-refractivity contribution in [1.29, 1.82) is 5.26 Å². The van der Waals surface area contributed by atoms with Gasteiger partial charge >= 0.3 is 0 Å². The van der Waals surface area contributed by atoms with E-state index in [1.165, 1.54) is 0 Å². The number of carbonyl (C=O) groups excluding carboxylic acids is 1. The summed E-state index contributed by atoms with van der Waals surface area (Å²) in [5.74, 6) is -0.199. The highest BCUT2D eigenvalue weighted by atomic mass is 35.5. The smallest absolute Gasteiger partial charge is 0.272 e. The molecule has 0 spiro atoms. The van der Waals surface area contributed by atoms with Crippen LogP contribution in [0.4, 0.5) is 0 Å². The van der Waals surface area contributed by atoms with Gasteiger partial charge in [0, 0.05) is 18.5 Å². The predicted molar refractivity (Wildman–Crippen MR) is 78.6 cm³/mol. The van der Waals surface area contributed by atoms with Gasteiger partial charge in [0.05, 0.1) is 12.5 Å². The van der Waals surface area contributed by atoms with Gasteiger partial charge in [0.2, 0.25) is 0 Å². The Balaban J connectivity index is 2.37. The number of rotatable bonds is 4. The Morgan fingerprint density at radius 3 is 2.90 bits per heavy atom. The van der Waals surface area contributed by atoms with Crippen LogP contribution in [0.5, 0.6) is 0 Å². The number of aromatic nitrogens is 1. The van der Waals surface area contributed by atoms with Gasteiger partial charge in [-0.15, -0.1) is 0 Å². The number of pyridine rings is 1. The molecule has 0 saturated heterocycles. The van der Waals surface area contributed by atoms with E-state index in [4.69, 9.17) is 16.9 Å². The zero-order valence-electron chi connectivity index (χ0n) is 11.1. The maximum atomic E-state index is 12.4. The number of fused-ring (bicyclic) bond motifs is 1. The number of benzene rings is 1. The minimum absolute atomic E-state index is 0.199. The highest BCUT2D eigenvalue weighted by molar-refractivity contribution is 6.34. The summed E-state index contributed by atoms with van der Waals surface area (Å²) in [7, 11) is 0. The summed E-state index contributed by atoms with van der Waals surface area (Å²) in [5.41, 5.74) is 0.313. The SMILES string of the molecule is CCN(CCC#N)C(=O)c1cc2ccccc2c(Cl)n1. The summed E-state index contributed by atoms with van der Waals surface area (Å²) >= 11 is 6.12. The van der Waals surface area contributed by atoms with Crippen LogP contribution in [0.2, 0.25) is 5.15 Å². The van der Waals surface area contributed by atoms with Crippen molar-refractivity contribution in [1.82, 2.24) is 9.88 Å². The highest BCUT2D eigenvalue weighted by Crippen LogP contribution is 2.22. The number of nitrogens with zero attached hydrogens (tertiary/aromatic N) is 3. The molecule has 0 atom stereocenters. The minimum Gasteiger partial charge on any atom is -0.337 e. The lowest BCUT2D eigenvalue weighted by Gasteiger charge is -2.19. The quantitative estimate of drug-likeness (QED) is 0.811. The molecule has 2 aromatic rings.